The van der Waals surface area contributed by atoms with E-state index in [1.807, 2.05) is 0 Å². The van der Waals surface area contributed by atoms with Crippen molar-refractivity contribution in [3.05, 3.63) is 107 Å². The van der Waals surface area contributed by atoms with Crippen molar-refractivity contribution < 1.29 is 39.6 Å². The van der Waals surface area contributed by atoms with Gasteiger partial charge in [0.1, 0.15) is 0 Å². The van der Waals surface area contributed by atoms with Crippen molar-refractivity contribution in [3.8, 4) is 0 Å². The second kappa shape index (κ2) is 13.8. The van der Waals surface area contributed by atoms with Gasteiger partial charge < -0.3 is 30.6 Å². The first-order valence-corrected chi connectivity index (χ1v) is 15.0. The van der Waals surface area contributed by atoms with E-state index in [1.54, 1.807) is 13.8 Å². The van der Waals surface area contributed by atoms with Gasteiger partial charge in [0.05, 0.1) is 0 Å². The fourth-order valence-corrected chi connectivity index (χ4v) is 5.97. The summed E-state index contributed by atoms with van der Waals surface area (Å²) < 4.78 is 0. The quantitative estimate of drug-likeness (QED) is 0.168. The maximum absolute atomic E-state index is 12.8. The molecule has 0 saturated carbocycles. The number of aryl methyl sites for hydroxylation is 2. The lowest BCUT2D eigenvalue weighted by Gasteiger charge is -2.46. The van der Waals surface area contributed by atoms with Crippen molar-refractivity contribution in [1.29, 1.82) is 0 Å². The van der Waals surface area contributed by atoms with Crippen LogP contribution >= 0.6 is 0 Å². The zero-order chi connectivity index (χ0) is 32.9. The van der Waals surface area contributed by atoms with Gasteiger partial charge in [-0.15, -0.1) is 0 Å². The van der Waals surface area contributed by atoms with E-state index in [2.05, 4.69) is 47.5 Å². The number of rotatable bonds is 10. The standard InChI is InChI=1S/C20H18O8.C15H22N2/c1-11-3-7-13(8-4-11)15(21)19(27,17(23)24)20(28,18(25)26)16(22)14-9-5-12(2)6-10-14;1-12(13-5-3-2-4-6-13)16-15-11-17-9-7-14(15)8-10-17/h3-10,27-28H,1-2H3,(H,23,24)(H,25,26);2-6,12,14-16H,7-11H2,1H3/t;12-,15-/m.0/s1. The normalized spacial score (nSPS) is 22.1. The van der Waals surface area contributed by atoms with Gasteiger partial charge in [-0.05, 0) is 58.2 Å². The fourth-order valence-electron chi connectivity index (χ4n) is 5.97. The molecule has 45 heavy (non-hydrogen) atoms. The van der Waals surface area contributed by atoms with Gasteiger partial charge in [-0.3, -0.25) is 9.59 Å². The number of benzene rings is 3. The van der Waals surface area contributed by atoms with Gasteiger partial charge in [0.15, 0.2) is 0 Å². The van der Waals surface area contributed by atoms with Crippen LogP contribution in [0.25, 0.3) is 0 Å². The molecule has 3 aliphatic rings. The number of fused-ring (bicyclic) bond motifs is 3. The number of ketones is 2. The van der Waals surface area contributed by atoms with Gasteiger partial charge in [0, 0.05) is 29.8 Å². The van der Waals surface area contributed by atoms with E-state index in [-0.39, 0.29) is 11.1 Å². The van der Waals surface area contributed by atoms with Crippen LogP contribution in [0.4, 0.5) is 0 Å². The number of nitrogens with zero attached hydrogens (tertiary/aromatic N) is 1. The highest BCUT2D eigenvalue weighted by Crippen LogP contribution is 2.32. The number of Topliss-reactive ketones (excluding diaryl/α,β-unsaturated/α-hetero) is 2. The van der Waals surface area contributed by atoms with Crippen LogP contribution in [0.1, 0.15) is 63.2 Å². The predicted molar refractivity (Wildman–Crippen MR) is 167 cm³/mol. The number of hydrogen-bond acceptors (Lipinski definition) is 8. The van der Waals surface area contributed by atoms with Gasteiger partial charge in [0.25, 0.3) is 11.2 Å². The summed E-state index contributed by atoms with van der Waals surface area (Å²) in [6, 6.07) is 22.3. The fraction of sp³-hybridized carbons (Fsp3) is 0.371. The van der Waals surface area contributed by atoms with Gasteiger partial charge in [-0.1, -0.05) is 90.0 Å². The van der Waals surface area contributed by atoms with E-state index in [0.717, 1.165) is 30.2 Å². The zero-order valence-electron chi connectivity index (χ0n) is 25.6. The van der Waals surface area contributed by atoms with E-state index in [0.29, 0.717) is 23.2 Å². The molecule has 3 aromatic rings. The third kappa shape index (κ3) is 6.89. The van der Waals surface area contributed by atoms with Gasteiger partial charge in [-0.2, -0.15) is 0 Å². The van der Waals surface area contributed by atoms with Gasteiger partial charge >= 0.3 is 11.9 Å². The van der Waals surface area contributed by atoms with Crippen LogP contribution in [-0.2, 0) is 9.59 Å². The Balaban J connectivity index is 0.000000229. The molecule has 6 rings (SSSR count). The molecular formula is C35H40N2O8. The molecule has 238 valence electrons. The molecular weight excluding hydrogens is 576 g/mol. The number of carboxylic acid groups (broad SMARTS) is 2. The highest BCUT2D eigenvalue weighted by atomic mass is 16.5. The van der Waals surface area contributed by atoms with E-state index in [1.165, 1.54) is 62.3 Å². The Morgan fingerprint density at radius 2 is 1.16 bits per heavy atom. The smallest absolute Gasteiger partial charge is 0.348 e. The number of piperidine rings is 3. The average Bonchev–Trinajstić information content (AvgIpc) is 3.05. The van der Waals surface area contributed by atoms with E-state index < -0.39 is 34.7 Å². The van der Waals surface area contributed by atoms with Crippen molar-refractivity contribution in [1.82, 2.24) is 10.2 Å². The van der Waals surface area contributed by atoms with Crippen LogP contribution in [0.15, 0.2) is 78.9 Å². The van der Waals surface area contributed by atoms with Crippen LogP contribution in [0.3, 0.4) is 0 Å². The lowest BCUT2D eigenvalue weighted by Crippen LogP contribution is -2.71. The minimum absolute atomic E-state index is 0.383. The Kier molecular flexibility index (Phi) is 10.3. The molecule has 5 N–H and O–H groups in total. The number of aliphatic carboxylic acids is 2. The minimum atomic E-state index is -3.96. The largest absolute Gasteiger partial charge is 0.479 e. The van der Waals surface area contributed by atoms with Crippen molar-refractivity contribution in [2.75, 3.05) is 19.6 Å². The molecule has 10 heteroatoms. The van der Waals surface area contributed by atoms with E-state index >= 15 is 0 Å². The molecule has 0 radical (unpaired) electrons. The second-order valence-corrected chi connectivity index (χ2v) is 12.0. The van der Waals surface area contributed by atoms with Crippen LogP contribution in [0.5, 0.6) is 0 Å². The predicted octanol–water partition coefficient (Wildman–Crippen LogP) is 3.43. The monoisotopic (exact) mass is 616 g/mol. The number of carbonyl (C=O) groups excluding carboxylic acids is 2. The lowest BCUT2D eigenvalue weighted by atomic mass is 9.73. The summed E-state index contributed by atoms with van der Waals surface area (Å²) in [7, 11) is 0. The topological polar surface area (TPSA) is 164 Å². The van der Waals surface area contributed by atoms with Crippen LogP contribution in [0.2, 0.25) is 0 Å². The molecule has 0 amide bonds. The Morgan fingerprint density at radius 1 is 0.733 bits per heavy atom. The Labute approximate surface area is 262 Å². The lowest BCUT2D eigenvalue weighted by molar-refractivity contribution is -0.187. The summed E-state index contributed by atoms with van der Waals surface area (Å²) in [5.74, 6) is -7.10. The maximum Gasteiger partial charge on any atom is 0.348 e. The summed E-state index contributed by atoms with van der Waals surface area (Å²) in [6.07, 6.45) is 2.78. The molecule has 4 atom stereocenters. The Morgan fingerprint density at radius 3 is 1.51 bits per heavy atom. The molecule has 3 fully saturated rings. The highest BCUT2D eigenvalue weighted by Gasteiger charge is 2.69. The average molecular weight is 617 g/mol. The van der Waals surface area contributed by atoms with Gasteiger partial charge in [0.2, 0.25) is 11.6 Å². The summed E-state index contributed by atoms with van der Waals surface area (Å²) in [5, 5.41) is 44.1. The molecule has 0 aromatic heterocycles. The molecule has 0 spiro atoms. The third-order valence-electron chi connectivity index (χ3n) is 8.85. The first kappa shape index (κ1) is 33.7. The Hall–Kier alpha value is -4.22. The SMILES string of the molecule is C[C@H](N[C@H]1CN2CCC1CC2)c1ccccc1.Cc1ccc(C(=O)C(O)(C(=O)O)C(O)(C(=O)O)C(=O)c2ccc(C)cc2)cc1. The van der Waals surface area contributed by atoms with Crippen molar-refractivity contribution in [2.45, 2.75) is 56.9 Å². The molecule has 3 aliphatic heterocycles. The highest BCUT2D eigenvalue weighted by molar-refractivity contribution is 6.28. The third-order valence-corrected chi connectivity index (χ3v) is 8.85. The molecule has 2 bridgehead atoms. The summed E-state index contributed by atoms with van der Waals surface area (Å²) in [6.45, 7) is 9.55. The van der Waals surface area contributed by atoms with E-state index in [4.69, 9.17) is 0 Å². The number of carbonyl (C=O) groups is 4. The van der Waals surface area contributed by atoms with Crippen molar-refractivity contribution >= 4 is 23.5 Å². The zero-order valence-corrected chi connectivity index (χ0v) is 25.6. The molecule has 3 heterocycles. The Bertz CT molecular complexity index is 1440. The molecule has 3 saturated heterocycles. The van der Waals surface area contributed by atoms with Crippen LogP contribution < -0.4 is 5.32 Å². The maximum atomic E-state index is 12.8. The molecule has 0 aliphatic carbocycles. The number of hydrogen-bond donors (Lipinski definition) is 5. The van der Waals surface area contributed by atoms with Gasteiger partial charge in [-0.25, -0.2) is 9.59 Å². The molecule has 2 unspecified atom stereocenters. The summed E-state index contributed by atoms with van der Waals surface area (Å²) in [5.41, 5.74) is -5.87. The number of carboxylic acids is 2. The molecule has 10 nitrogen and oxygen atoms in total. The molecule has 3 aromatic carbocycles. The van der Waals surface area contributed by atoms with Crippen LogP contribution in [0, 0.1) is 19.8 Å². The van der Waals surface area contributed by atoms with E-state index in [9.17, 15) is 39.6 Å². The number of nitrogens with one attached hydrogen (secondary N) is 1. The summed E-state index contributed by atoms with van der Waals surface area (Å²) in [4.78, 5) is 51.7. The first-order chi connectivity index (χ1) is 21.3. The number of aliphatic hydroxyl groups is 2. The van der Waals surface area contributed by atoms with Crippen molar-refractivity contribution in [3.63, 3.8) is 0 Å². The first-order valence-electron chi connectivity index (χ1n) is 15.0. The van der Waals surface area contributed by atoms with Crippen molar-refractivity contribution in [2.24, 2.45) is 5.92 Å². The van der Waals surface area contributed by atoms with Crippen LogP contribution in [-0.4, -0.2) is 85.7 Å². The minimum Gasteiger partial charge on any atom is -0.479 e. The summed E-state index contributed by atoms with van der Waals surface area (Å²) >= 11 is 0. The second-order valence-electron chi connectivity index (χ2n) is 12.0.